The largest absolute Gasteiger partial charge is 0.417 e. The van der Waals surface area contributed by atoms with E-state index in [1.165, 1.54) is 12.1 Å². The zero-order chi connectivity index (χ0) is 15.3. The quantitative estimate of drug-likeness (QED) is 0.793. The summed E-state index contributed by atoms with van der Waals surface area (Å²) in [7, 11) is -3.52. The molecule has 2 heterocycles. The minimum Gasteiger partial charge on any atom is -0.285 e. The summed E-state index contributed by atoms with van der Waals surface area (Å²) in [6, 6.07) is 8.71. The van der Waals surface area contributed by atoms with Crippen LogP contribution in [0.1, 0.15) is 15.9 Å². The van der Waals surface area contributed by atoms with Crippen molar-refractivity contribution in [3.8, 4) is 0 Å². The highest BCUT2D eigenvalue weighted by Gasteiger charge is 2.39. The Kier molecular flexibility index (Phi) is 2.87. The zero-order valence-corrected chi connectivity index (χ0v) is 11.3. The molecule has 1 N–H and O–H groups in total. The molecule has 3 rings (SSSR count). The van der Waals surface area contributed by atoms with E-state index in [9.17, 15) is 22.2 Å². The molecule has 1 aromatic heterocycles. The highest BCUT2D eigenvalue weighted by atomic mass is 32.3. The van der Waals surface area contributed by atoms with E-state index in [2.05, 4.69) is 9.71 Å². The van der Waals surface area contributed by atoms with E-state index in [0.717, 1.165) is 0 Å². The van der Waals surface area contributed by atoms with Gasteiger partial charge in [-0.1, -0.05) is 18.2 Å². The second-order valence-electron chi connectivity index (χ2n) is 4.48. The molecule has 0 radical (unpaired) electrons. The molecule has 4 nitrogen and oxygen atoms in total. The smallest absolute Gasteiger partial charge is 0.285 e. The van der Waals surface area contributed by atoms with Gasteiger partial charge in [0.15, 0.2) is 0 Å². The number of benzene rings is 1. The lowest BCUT2D eigenvalue weighted by Gasteiger charge is -2.18. The van der Waals surface area contributed by atoms with E-state index in [-0.39, 0.29) is 10.6 Å². The molecule has 0 saturated carbocycles. The van der Waals surface area contributed by atoms with Crippen LogP contribution in [0.3, 0.4) is 0 Å². The predicted molar refractivity (Wildman–Crippen MR) is 69.2 cm³/mol. The minimum absolute atomic E-state index is 0.133. The monoisotopic (exact) mass is 314 g/mol. The van der Waals surface area contributed by atoms with Gasteiger partial charge in [-0.3, -0.25) is 13.7 Å². The van der Waals surface area contributed by atoms with Gasteiger partial charge in [0.25, 0.3) is 5.91 Å². The van der Waals surface area contributed by atoms with E-state index in [1.54, 1.807) is 18.2 Å². The molecule has 21 heavy (non-hydrogen) atoms. The lowest BCUT2D eigenvalue weighted by molar-refractivity contribution is -0.137. The molecule has 1 aromatic carbocycles. The fraction of sp³-hybridized carbons (Fsp3) is 0.0769. The molecule has 8 heteroatoms. The first kappa shape index (κ1) is 13.7. The summed E-state index contributed by atoms with van der Waals surface area (Å²) < 4.78 is 53.2. The topological polar surface area (TPSA) is 59.1 Å². The zero-order valence-electron chi connectivity index (χ0n) is 10.4. The normalized spacial score (nSPS) is 18.0. The van der Waals surface area contributed by atoms with Crippen molar-refractivity contribution in [3.63, 3.8) is 0 Å². The van der Waals surface area contributed by atoms with E-state index in [1.807, 2.05) is 0 Å². The number of carbonyl (C=O) groups is 1. The second kappa shape index (κ2) is 4.39. The Bertz CT molecular complexity index is 775. The molecule has 0 fully saturated rings. The van der Waals surface area contributed by atoms with Crippen LogP contribution in [0.4, 0.5) is 13.2 Å². The summed E-state index contributed by atoms with van der Waals surface area (Å²) in [4.78, 5) is 15.8. The number of hydrogen-bond donors (Lipinski definition) is 2. The van der Waals surface area contributed by atoms with Crippen LogP contribution in [-0.4, -0.2) is 15.1 Å². The number of amides is 1. The Hall–Kier alpha value is -2.22. The Morgan fingerprint density at radius 1 is 1.14 bits per heavy atom. The van der Waals surface area contributed by atoms with Gasteiger partial charge in [0.05, 0.1) is 11.1 Å². The lowest BCUT2D eigenvalue weighted by atomic mass is 10.2. The first-order valence-corrected chi connectivity index (χ1v) is 7.59. The van der Waals surface area contributed by atoms with Crippen molar-refractivity contribution in [2.45, 2.75) is 16.1 Å². The average Bonchev–Trinajstić information content (AvgIpc) is 2.72. The maximum Gasteiger partial charge on any atom is 0.417 e. The summed E-state index contributed by atoms with van der Waals surface area (Å²) in [6.07, 6.45) is -4.02. The van der Waals surface area contributed by atoms with E-state index in [0.29, 0.717) is 17.2 Å². The van der Waals surface area contributed by atoms with Gasteiger partial charge in [0.2, 0.25) is 0 Å². The van der Waals surface area contributed by atoms with Crippen LogP contribution in [0, 0.1) is 0 Å². The Morgan fingerprint density at radius 2 is 1.81 bits per heavy atom. The maximum atomic E-state index is 12.9. The van der Waals surface area contributed by atoms with Gasteiger partial charge in [-0.15, -0.1) is 0 Å². The number of hydrogen-bond acceptors (Lipinski definition) is 3. The highest BCUT2D eigenvalue weighted by Crippen LogP contribution is 2.36. The Labute approximate surface area is 118 Å². The number of fused-ring (bicyclic) bond motifs is 1. The van der Waals surface area contributed by atoms with Gasteiger partial charge in [0.1, 0.15) is 5.03 Å². The van der Waals surface area contributed by atoms with Crippen molar-refractivity contribution in [3.05, 3.63) is 53.7 Å². The average molecular weight is 314 g/mol. The van der Waals surface area contributed by atoms with Crippen molar-refractivity contribution in [1.29, 1.82) is 0 Å². The van der Waals surface area contributed by atoms with Crippen molar-refractivity contribution in [1.82, 2.24) is 9.71 Å². The number of carbonyl (C=O) groups excluding carboxylic acids is 1. The number of nitrogens with one attached hydrogen (secondary N) is 1. The molecule has 2 aromatic rings. The Morgan fingerprint density at radius 3 is 2.43 bits per heavy atom. The first-order valence-electron chi connectivity index (χ1n) is 5.88. The maximum absolute atomic E-state index is 12.9. The molecule has 0 unspecified atom stereocenters. The molecule has 0 spiro atoms. The van der Waals surface area contributed by atoms with Crippen LogP contribution >= 0.6 is 0 Å². The number of pyridine rings is 1. The number of halogens is 3. The third-order valence-corrected chi connectivity index (χ3v) is 5.61. The van der Waals surface area contributed by atoms with Gasteiger partial charge < -0.3 is 0 Å². The van der Waals surface area contributed by atoms with Crippen LogP contribution < -0.4 is 4.72 Å². The molecular weight excluding hydrogens is 305 g/mol. The number of nitrogens with zero attached hydrogens (tertiary/aromatic N) is 1. The van der Waals surface area contributed by atoms with Crippen LogP contribution in [0.5, 0.6) is 0 Å². The number of rotatable bonds is 1. The van der Waals surface area contributed by atoms with Crippen LogP contribution in [0.25, 0.3) is 0 Å². The van der Waals surface area contributed by atoms with E-state index >= 15 is 0 Å². The molecule has 110 valence electrons. The lowest BCUT2D eigenvalue weighted by Crippen LogP contribution is -2.29. The molecule has 0 saturated heterocycles. The first-order chi connectivity index (χ1) is 9.82. The highest BCUT2D eigenvalue weighted by molar-refractivity contribution is 8.02. The van der Waals surface area contributed by atoms with Gasteiger partial charge in [-0.05, 0) is 18.2 Å². The molecule has 0 bridgehead atoms. The molecule has 1 aliphatic rings. The molecule has 0 aliphatic carbocycles. The SMILES string of the molecule is O=C1N[SH](=O)(c2ccccc2)c2ncc(C(F)(F)F)cc21. The standard InChI is InChI=1S/C13H9F3N2O2S/c14-13(15,16)8-6-10-11(19)18-21(20,12(10)17-7-8)9-4-2-1-3-5-9/h1-7,21H,(H,18,19,20). The van der Waals surface area contributed by atoms with Crippen molar-refractivity contribution >= 4 is 16.0 Å². The summed E-state index contributed by atoms with van der Waals surface area (Å²) in [6.45, 7) is 0. The van der Waals surface area contributed by atoms with Gasteiger partial charge >= 0.3 is 6.18 Å². The molecule has 0 atom stereocenters. The van der Waals surface area contributed by atoms with Gasteiger partial charge in [-0.2, -0.15) is 13.2 Å². The molecular formula is C13H9F3N2O2S. The van der Waals surface area contributed by atoms with Crippen LogP contribution in [0.15, 0.2) is 52.5 Å². The third kappa shape index (κ3) is 2.11. The fourth-order valence-corrected chi connectivity index (χ4v) is 4.32. The summed E-state index contributed by atoms with van der Waals surface area (Å²) in [5.41, 5.74) is -1.34. The third-order valence-electron chi connectivity index (χ3n) is 3.12. The van der Waals surface area contributed by atoms with Crippen LogP contribution in [0.2, 0.25) is 0 Å². The van der Waals surface area contributed by atoms with Crippen LogP contribution in [-0.2, 0) is 16.3 Å². The molecule has 1 aliphatic heterocycles. The fourth-order valence-electron chi connectivity index (χ4n) is 2.11. The number of thiol groups is 1. The second-order valence-corrected chi connectivity index (χ2v) is 6.86. The summed E-state index contributed by atoms with van der Waals surface area (Å²) >= 11 is 0. The summed E-state index contributed by atoms with van der Waals surface area (Å²) in [5.74, 6) is -0.809. The van der Waals surface area contributed by atoms with Gasteiger partial charge in [-0.25, -0.2) is 4.98 Å². The predicted octanol–water partition coefficient (Wildman–Crippen LogP) is 2.19. The van der Waals surface area contributed by atoms with Crippen molar-refractivity contribution in [2.24, 2.45) is 0 Å². The minimum atomic E-state index is -4.61. The number of alkyl halides is 3. The number of aromatic nitrogens is 1. The van der Waals surface area contributed by atoms with Crippen molar-refractivity contribution < 1.29 is 22.2 Å². The Balaban J connectivity index is 2.18. The van der Waals surface area contributed by atoms with E-state index < -0.39 is 27.8 Å². The molecule has 1 amide bonds. The van der Waals surface area contributed by atoms with E-state index in [4.69, 9.17) is 0 Å². The van der Waals surface area contributed by atoms with Gasteiger partial charge in [0, 0.05) is 21.2 Å². The summed E-state index contributed by atoms with van der Waals surface area (Å²) in [5, 5.41) is -0.133. The van der Waals surface area contributed by atoms with Crippen molar-refractivity contribution in [2.75, 3.05) is 0 Å².